The van der Waals surface area contributed by atoms with Crippen LogP contribution in [0.5, 0.6) is 0 Å². The Morgan fingerprint density at radius 1 is 1.33 bits per heavy atom. The minimum atomic E-state index is 0.733. The van der Waals surface area contributed by atoms with Crippen LogP contribution in [0.2, 0.25) is 0 Å². The average molecular weight is 270 g/mol. The molecule has 1 N–H and O–H groups in total. The second-order valence-electron chi connectivity index (χ2n) is 6.38. The lowest BCUT2D eigenvalue weighted by Gasteiger charge is -2.46. The van der Waals surface area contributed by atoms with E-state index >= 15 is 0 Å². The fourth-order valence-electron chi connectivity index (χ4n) is 3.31. The van der Waals surface area contributed by atoms with E-state index in [1.807, 2.05) is 11.8 Å². The highest BCUT2D eigenvalue weighted by Crippen LogP contribution is 2.35. The summed E-state index contributed by atoms with van der Waals surface area (Å²) >= 11 is 2.00. The molecule has 1 aliphatic heterocycles. The third kappa shape index (κ3) is 3.43. The van der Waals surface area contributed by atoms with Gasteiger partial charge in [0, 0.05) is 37.0 Å². The topological polar surface area (TPSA) is 15.3 Å². The third-order valence-electron chi connectivity index (χ3n) is 4.68. The molecule has 0 radical (unpaired) electrons. The molecule has 0 aromatic carbocycles. The van der Waals surface area contributed by atoms with Gasteiger partial charge in [-0.2, -0.15) is 11.8 Å². The van der Waals surface area contributed by atoms with E-state index in [1.54, 1.807) is 0 Å². The minimum absolute atomic E-state index is 0.733. The molecule has 2 rings (SSSR count). The molecular weight excluding hydrogens is 240 g/mol. The second-order valence-corrected chi connectivity index (χ2v) is 7.29. The zero-order chi connectivity index (χ0) is 13.1. The summed E-state index contributed by atoms with van der Waals surface area (Å²) in [5.41, 5.74) is 0. The first kappa shape index (κ1) is 14.7. The van der Waals surface area contributed by atoms with Gasteiger partial charge in [0.15, 0.2) is 0 Å². The number of nitrogens with zero attached hydrogens (tertiary/aromatic N) is 1. The van der Waals surface area contributed by atoms with Gasteiger partial charge in [-0.15, -0.1) is 0 Å². The van der Waals surface area contributed by atoms with E-state index in [9.17, 15) is 0 Å². The van der Waals surface area contributed by atoms with E-state index in [0.717, 1.165) is 30.0 Å². The number of hydrogen-bond donors (Lipinski definition) is 1. The van der Waals surface area contributed by atoms with Gasteiger partial charge in [0.2, 0.25) is 0 Å². The maximum absolute atomic E-state index is 3.82. The van der Waals surface area contributed by atoms with Crippen LogP contribution in [0.15, 0.2) is 0 Å². The average Bonchev–Trinajstić information content (AvgIpc) is 3.19. The van der Waals surface area contributed by atoms with E-state index in [4.69, 9.17) is 0 Å². The van der Waals surface area contributed by atoms with Crippen LogP contribution in [0.4, 0.5) is 0 Å². The molecule has 1 saturated carbocycles. The van der Waals surface area contributed by atoms with Gasteiger partial charge in [0.05, 0.1) is 0 Å². The van der Waals surface area contributed by atoms with Crippen LogP contribution in [-0.2, 0) is 0 Å². The van der Waals surface area contributed by atoms with E-state index in [2.05, 4.69) is 37.2 Å². The Balaban J connectivity index is 2.02. The van der Waals surface area contributed by atoms with Gasteiger partial charge >= 0.3 is 0 Å². The Bertz CT molecular complexity index is 253. The van der Waals surface area contributed by atoms with Crippen molar-refractivity contribution in [3.63, 3.8) is 0 Å². The Kier molecular flexibility index (Phi) is 5.40. The zero-order valence-electron chi connectivity index (χ0n) is 12.5. The molecule has 106 valence electrons. The van der Waals surface area contributed by atoms with Crippen molar-refractivity contribution < 1.29 is 0 Å². The molecule has 1 heterocycles. The van der Waals surface area contributed by atoms with Gasteiger partial charge in [-0.05, 0) is 37.4 Å². The van der Waals surface area contributed by atoms with Gasteiger partial charge in [0.25, 0.3) is 0 Å². The third-order valence-corrected chi connectivity index (χ3v) is 5.40. The quantitative estimate of drug-likeness (QED) is 0.799. The highest BCUT2D eigenvalue weighted by atomic mass is 32.2. The van der Waals surface area contributed by atoms with Crippen LogP contribution < -0.4 is 5.32 Å². The van der Waals surface area contributed by atoms with Gasteiger partial charge in [-0.1, -0.05) is 20.8 Å². The maximum Gasteiger partial charge on any atom is 0.0247 e. The Labute approximate surface area is 117 Å². The van der Waals surface area contributed by atoms with Crippen molar-refractivity contribution in [1.82, 2.24) is 10.2 Å². The van der Waals surface area contributed by atoms with E-state index in [-0.39, 0.29) is 0 Å². The molecule has 18 heavy (non-hydrogen) atoms. The summed E-state index contributed by atoms with van der Waals surface area (Å²) in [6.07, 6.45) is 6.45. The molecule has 0 amide bonds. The molecule has 2 fully saturated rings. The molecule has 0 spiro atoms. The molecule has 0 bridgehead atoms. The highest BCUT2D eigenvalue weighted by molar-refractivity contribution is 7.98. The molecule has 0 aromatic rings. The lowest BCUT2D eigenvalue weighted by molar-refractivity contribution is 0.0577. The van der Waals surface area contributed by atoms with Gasteiger partial charge in [0.1, 0.15) is 0 Å². The predicted octanol–water partition coefficient (Wildman–Crippen LogP) is 2.84. The second kappa shape index (κ2) is 6.62. The van der Waals surface area contributed by atoms with Gasteiger partial charge in [-0.25, -0.2) is 0 Å². The summed E-state index contributed by atoms with van der Waals surface area (Å²) in [6, 6.07) is 2.28. The van der Waals surface area contributed by atoms with Crippen LogP contribution in [0.25, 0.3) is 0 Å². The van der Waals surface area contributed by atoms with Gasteiger partial charge in [-0.3, -0.25) is 4.90 Å². The first-order valence-corrected chi connectivity index (χ1v) is 9.04. The summed E-state index contributed by atoms with van der Waals surface area (Å²) < 4.78 is 0. The Morgan fingerprint density at radius 2 is 2.06 bits per heavy atom. The first-order chi connectivity index (χ1) is 8.67. The van der Waals surface area contributed by atoms with Crippen molar-refractivity contribution in [2.24, 2.45) is 11.8 Å². The molecule has 2 aliphatic rings. The van der Waals surface area contributed by atoms with Crippen molar-refractivity contribution >= 4 is 11.8 Å². The van der Waals surface area contributed by atoms with E-state index in [0.29, 0.717) is 0 Å². The number of piperazine rings is 1. The fraction of sp³-hybridized carbons (Fsp3) is 1.00. The SMILES string of the molecule is CCC(CSC)N1CC(C2CC2)NCC1C(C)C. The monoisotopic (exact) mass is 270 g/mol. The number of rotatable bonds is 6. The highest BCUT2D eigenvalue weighted by Gasteiger charge is 2.39. The summed E-state index contributed by atoms with van der Waals surface area (Å²) in [7, 11) is 0. The summed E-state index contributed by atoms with van der Waals surface area (Å²) in [4.78, 5) is 2.83. The zero-order valence-corrected chi connectivity index (χ0v) is 13.3. The molecule has 3 unspecified atom stereocenters. The van der Waals surface area contributed by atoms with Gasteiger partial charge < -0.3 is 5.32 Å². The number of thioether (sulfide) groups is 1. The summed E-state index contributed by atoms with van der Waals surface area (Å²) in [5, 5.41) is 3.82. The molecule has 2 nitrogen and oxygen atoms in total. The van der Waals surface area contributed by atoms with Crippen LogP contribution in [0.1, 0.15) is 40.0 Å². The Morgan fingerprint density at radius 3 is 2.56 bits per heavy atom. The largest absolute Gasteiger partial charge is 0.311 e. The number of hydrogen-bond acceptors (Lipinski definition) is 3. The molecular formula is C15H30N2S. The molecule has 1 saturated heterocycles. The van der Waals surface area contributed by atoms with E-state index in [1.165, 1.54) is 38.1 Å². The smallest absolute Gasteiger partial charge is 0.0247 e. The minimum Gasteiger partial charge on any atom is -0.311 e. The van der Waals surface area contributed by atoms with Crippen molar-refractivity contribution in [2.75, 3.05) is 25.1 Å². The van der Waals surface area contributed by atoms with Crippen LogP contribution in [0, 0.1) is 11.8 Å². The fourth-order valence-corrected chi connectivity index (χ4v) is 4.12. The summed E-state index contributed by atoms with van der Waals surface area (Å²) in [5.74, 6) is 3.03. The first-order valence-electron chi connectivity index (χ1n) is 7.65. The Hall–Kier alpha value is 0.270. The predicted molar refractivity (Wildman–Crippen MR) is 82.3 cm³/mol. The molecule has 0 aromatic heterocycles. The van der Waals surface area contributed by atoms with Crippen molar-refractivity contribution in [1.29, 1.82) is 0 Å². The van der Waals surface area contributed by atoms with Crippen LogP contribution >= 0.6 is 11.8 Å². The van der Waals surface area contributed by atoms with E-state index < -0.39 is 0 Å². The molecule has 3 atom stereocenters. The maximum atomic E-state index is 3.82. The molecule has 1 aliphatic carbocycles. The van der Waals surface area contributed by atoms with Crippen molar-refractivity contribution in [3.8, 4) is 0 Å². The van der Waals surface area contributed by atoms with Crippen molar-refractivity contribution in [3.05, 3.63) is 0 Å². The standard InChI is InChI=1S/C15H30N2S/c1-5-13(10-18-4)17-9-14(12-6-7-12)16-8-15(17)11(2)3/h11-16H,5-10H2,1-4H3. The number of nitrogens with one attached hydrogen (secondary N) is 1. The lowest BCUT2D eigenvalue weighted by Crippen LogP contribution is -2.62. The van der Waals surface area contributed by atoms with Crippen molar-refractivity contribution in [2.45, 2.75) is 58.2 Å². The normalized spacial score (nSPS) is 31.8. The summed E-state index contributed by atoms with van der Waals surface area (Å²) in [6.45, 7) is 9.59. The molecule has 3 heteroatoms. The van der Waals surface area contributed by atoms with Crippen LogP contribution in [-0.4, -0.2) is 48.1 Å². The van der Waals surface area contributed by atoms with Crippen LogP contribution in [0.3, 0.4) is 0 Å². The lowest BCUT2D eigenvalue weighted by atomic mass is 9.94.